The molecule has 1 aliphatic heterocycles. The lowest BCUT2D eigenvalue weighted by molar-refractivity contribution is 0.153. The number of aliphatic hydroxyl groups is 1. The summed E-state index contributed by atoms with van der Waals surface area (Å²) in [6, 6.07) is -0.322. The molecule has 0 radical (unpaired) electrons. The Hall–Kier alpha value is -0.170. The fraction of sp³-hybridized carbons (Fsp3) is 1.00. The van der Waals surface area contributed by atoms with Crippen molar-refractivity contribution in [1.82, 2.24) is 9.03 Å². The lowest BCUT2D eigenvalue weighted by atomic mass is 10.1. The van der Waals surface area contributed by atoms with Crippen molar-refractivity contribution in [2.24, 2.45) is 5.92 Å². The quantitative estimate of drug-likeness (QED) is 0.747. The Balaban J connectivity index is 2.58. The molecule has 0 spiro atoms. The minimum atomic E-state index is -3.47. The van der Waals surface area contributed by atoms with Gasteiger partial charge in [0, 0.05) is 18.6 Å². The van der Waals surface area contributed by atoms with Gasteiger partial charge in [0.25, 0.3) is 10.2 Å². The van der Waals surface area contributed by atoms with E-state index in [0.29, 0.717) is 12.5 Å². The minimum Gasteiger partial charge on any atom is -0.395 e. The van der Waals surface area contributed by atoms with Crippen molar-refractivity contribution in [2.75, 3.05) is 13.2 Å². The third kappa shape index (κ3) is 5.38. The highest BCUT2D eigenvalue weighted by Crippen LogP contribution is 2.20. The smallest absolute Gasteiger partial charge is 0.280 e. The molecule has 19 heavy (non-hydrogen) atoms. The highest BCUT2D eigenvalue weighted by atomic mass is 32.2. The van der Waals surface area contributed by atoms with E-state index < -0.39 is 10.2 Å². The van der Waals surface area contributed by atoms with Crippen molar-refractivity contribution in [1.29, 1.82) is 0 Å². The van der Waals surface area contributed by atoms with Gasteiger partial charge in [-0.15, -0.1) is 0 Å². The number of nitrogens with one attached hydrogen (secondary N) is 1. The standard InChI is InChI=1S/C13H28N2O3S/c1-11(2)7-8-12(3)14-19(17,18)15-9-5-4-6-13(15)10-16/h11-14,16H,4-10H2,1-3H3. The van der Waals surface area contributed by atoms with Gasteiger partial charge in [0.1, 0.15) is 0 Å². The zero-order chi connectivity index (χ0) is 14.5. The summed E-state index contributed by atoms with van der Waals surface area (Å²) in [6.07, 6.45) is 4.46. The zero-order valence-corrected chi connectivity index (χ0v) is 13.1. The van der Waals surface area contributed by atoms with Crippen molar-refractivity contribution in [3.63, 3.8) is 0 Å². The normalized spacial score (nSPS) is 23.7. The molecular formula is C13H28N2O3S. The van der Waals surface area contributed by atoms with Gasteiger partial charge in [-0.2, -0.15) is 17.4 Å². The summed E-state index contributed by atoms with van der Waals surface area (Å²) in [5, 5.41) is 9.30. The Morgan fingerprint density at radius 1 is 1.26 bits per heavy atom. The number of nitrogens with zero attached hydrogens (tertiary/aromatic N) is 1. The van der Waals surface area contributed by atoms with Crippen molar-refractivity contribution < 1.29 is 13.5 Å². The Morgan fingerprint density at radius 3 is 2.53 bits per heavy atom. The van der Waals surface area contributed by atoms with Crippen LogP contribution < -0.4 is 4.72 Å². The highest BCUT2D eigenvalue weighted by Gasteiger charge is 2.32. The number of hydrogen-bond donors (Lipinski definition) is 2. The van der Waals surface area contributed by atoms with Crippen LogP contribution in [-0.2, 0) is 10.2 Å². The summed E-state index contributed by atoms with van der Waals surface area (Å²) in [6.45, 7) is 6.58. The fourth-order valence-electron chi connectivity index (χ4n) is 2.44. The predicted molar refractivity (Wildman–Crippen MR) is 77.0 cm³/mol. The molecule has 1 fully saturated rings. The maximum absolute atomic E-state index is 12.3. The first-order valence-electron chi connectivity index (χ1n) is 7.26. The molecule has 2 unspecified atom stereocenters. The average molecular weight is 292 g/mol. The molecule has 1 heterocycles. The molecule has 0 amide bonds. The topological polar surface area (TPSA) is 69.6 Å². The molecule has 0 aromatic heterocycles. The molecule has 1 saturated heterocycles. The van der Waals surface area contributed by atoms with Gasteiger partial charge in [0.15, 0.2) is 0 Å². The Kier molecular flexibility index (Phi) is 6.73. The molecule has 114 valence electrons. The fourth-order valence-corrected chi connectivity index (χ4v) is 4.13. The molecule has 0 aromatic rings. The SMILES string of the molecule is CC(C)CCC(C)NS(=O)(=O)N1CCCCC1CO. The molecular weight excluding hydrogens is 264 g/mol. The van der Waals surface area contributed by atoms with Crippen molar-refractivity contribution in [2.45, 2.75) is 65.0 Å². The van der Waals surface area contributed by atoms with Gasteiger partial charge in [0.2, 0.25) is 0 Å². The van der Waals surface area contributed by atoms with Crippen LogP contribution in [0.25, 0.3) is 0 Å². The summed E-state index contributed by atoms with van der Waals surface area (Å²) in [5.41, 5.74) is 0. The van der Waals surface area contributed by atoms with Crippen LogP contribution in [0.15, 0.2) is 0 Å². The molecule has 2 atom stereocenters. The second kappa shape index (κ2) is 7.57. The summed E-state index contributed by atoms with van der Waals surface area (Å²) in [5.74, 6) is 0.576. The first-order valence-corrected chi connectivity index (χ1v) is 8.70. The Labute approximate surface area is 117 Å². The second-order valence-corrected chi connectivity index (χ2v) is 7.59. The van der Waals surface area contributed by atoms with Gasteiger partial charge in [-0.3, -0.25) is 0 Å². The lowest BCUT2D eigenvalue weighted by Crippen LogP contribution is -2.52. The van der Waals surface area contributed by atoms with E-state index >= 15 is 0 Å². The molecule has 1 aliphatic rings. The summed E-state index contributed by atoms with van der Waals surface area (Å²) in [7, 11) is -3.47. The van der Waals surface area contributed by atoms with Crippen molar-refractivity contribution in [3.8, 4) is 0 Å². The number of hydrogen-bond acceptors (Lipinski definition) is 3. The molecule has 2 N–H and O–H groups in total. The monoisotopic (exact) mass is 292 g/mol. The first-order chi connectivity index (χ1) is 8.86. The molecule has 5 nitrogen and oxygen atoms in total. The van der Waals surface area contributed by atoms with Crippen LogP contribution >= 0.6 is 0 Å². The largest absolute Gasteiger partial charge is 0.395 e. The molecule has 0 saturated carbocycles. The highest BCUT2D eigenvalue weighted by molar-refractivity contribution is 7.87. The van der Waals surface area contributed by atoms with Gasteiger partial charge in [-0.05, 0) is 38.5 Å². The van der Waals surface area contributed by atoms with E-state index in [4.69, 9.17) is 0 Å². The summed E-state index contributed by atoms with van der Waals surface area (Å²) < 4.78 is 28.8. The van der Waals surface area contributed by atoms with E-state index in [1.165, 1.54) is 4.31 Å². The van der Waals surface area contributed by atoms with Gasteiger partial charge in [0.05, 0.1) is 6.61 Å². The van der Waals surface area contributed by atoms with Crippen LogP contribution in [0.4, 0.5) is 0 Å². The van der Waals surface area contributed by atoms with Crippen LogP contribution in [-0.4, -0.2) is 43.1 Å². The van der Waals surface area contributed by atoms with Gasteiger partial charge < -0.3 is 5.11 Å². The third-order valence-electron chi connectivity index (χ3n) is 3.62. The Bertz CT molecular complexity index is 357. The van der Waals surface area contributed by atoms with Crippen LogP contribution in [0.2, 0.25) is 0 Å². The van der Waals surface area contributed by atoms with E-state index in [-0.39, 0.29) is 18.7 Å². The zero-order valence-electron chi connectivity index (χ0n) is 12.3. The summed E-state index contributed by atoms with van der Waals surface area (Å²) in [4.78, 5) is 0. The lowest BCUT2D eigenvalue weighted by Gasteiger charge is -2.34. The van der Waals surface area contributed by atoms with Gasteiger partial charge >= 0.3 is 0 Å². The van der Waals surface area contributed by atoms with E-state index in [9.17, 15) is 13.5 Å². The Morgan fingerprint density at radius 2 is 1.95 bits per heavy atom. The van der Waals surface area contributed by atoms with Crippen LogP contribution in [0.5, 0.6) is 0 Å². The molecule has 0 bridgehead atoms. The predicted octanol–water partition coefficient (Wildman–Crippen LogP) is 1.49. The minimum absolute atomic E-state index is 0.0614. The number of aliphatic hydroxyl groups excluding tert-OH is 1. The van der Waals surface area contributed by atoms with Crippen LogP contribution in [0.3, 0.4) is 0 Å². The third-order valence-corrected chi connectivity index (χ3v) is 5.42. The molecule has 6 heteroatoms. The average Bonchev–Trinajstić information content (AvgIpc) is 2.35. The van der Waals surface area contributed by atoms with Crippen LogP contribution in [0.1, 0.15) is 52.9 Å². The van der Waals surface area contributed by atoms with E-state index in [1.54, 1.807) is 0 Å². The van der Waals surface area contributed by atoms with Gasteiger partial charge in [-0.25, -0.2) is 0 Å². The molecule has 0 aliphatic carbocycles. The summed E-state index contributed by atoms with van der Waals surface area (Å²) >= 11 is 0. The van der Waals surface area contributed by atoms with Crippen molar-refractivity contribution in [3.05, 3.63) is 0 Å². The number of rotatable bonds is 7. The maximum atomic E-state index is 12.3. The van der Waals surface area contributed by atoms with E-state index in [0.717, 1.165) is 32.1 Å². The van der Waals surface area contributed by atoms with Crippen molar-refractivity contribution >= 4 is 10.2 Å². The first kappa shape index (κ1) is 16.9. The molecule has 1 rings (SSSR count). The maximum Gasteiger partial charge on any atom is 0.280 e. The molecule has 0 aromatic carbocycles. The van der Waals surface area contributed by atoms with E-state index in [2.05, 4.69) is 18.6 Å². The van der Waals surface area contributed by atoms with E-state index in [1.807, 2.05) is 6.92 Å². The number of piperidine rings is 1. The van der Waals surface area contributed by atoms with Crippen LogP contribution in [0, 0.1) is 5.92 Å². The van der Waals surface area contributed by atoms with Gasteiger partial charge in [-0.1, -0.05) is 20.3 Å². The second-order valence-electron chi connectivity index (χ2n) is 5.94.